The smallest absolute Gasteiger partial charge is 0.250 e. The summed E-state index contributed by atoms with van der Waals surface area (Å²) in [4.78, 5) is 16.0. The first kappa shape index (κ1) is 10.7. The van der Waals surface area contributed by atoms with E-state index in [1.54, 1.807) is 12.1 Å². The zero-order valence-corrected chi connectivity index (χ0v) is 8.16. The van der Waals surface area contributed by atoms with Gasteiger partial charge in [0.25, 0.3) is 0 Å². The highest BCUT2D eigenvalue weighted by Crippen LogP contribution is 2.05. The number of carbonyl (C=O) groups is 1. The first-order valence-electron chi connectivity index (χ1n) is 4.18. The third-order valence-electron chi connectivity index (χ3n) is 1.87. The van der Waals surface area contributed by atoms with Crippen LogP contribution in [0.5, 0.6) is 0 Å². The third-order valence-corrected chi connectivity index (χ3v) is 1.87. The fourth-order valence-corrected chi connectivity index (χ4v) is 1.03. The second kappa shape index (κ2) is 4.72. The number of hydrogen-bond acceptors (Lipinski definition) is 2. The van der Waals surface area contributed by atoms with Gasteiger partial charge in [0.2, 0.25) is 5.91 Å². The summed E-state index contributed by atoms with van der Waals surface area (Å²) in [5, 5.41) is 1.12. The van der Waals surface area contributed by atoms with Gasteiger partial charge < -0.3 is 0 Å². The van der Waals surface area contributed by atoms with Crippen molar-refractivity contribution in [3.05, 3.63) is 35.6 Å². The van der Waals surface area contributed by atoms with Crippen molar-refractivity contribution >= 4 is 5.91 Å². The van der Waals surface area contributed by atoms with Crippen molar-refractivity contribution in [2.24, 2.45) is 0 Å². The fraction of sp³-hybridized carbons (Fsp3) is 0.300. The molecule has 0 aliphatic heterocycles. The lowest BCUT2D eigenvalue weighted by Gasteiger charge is -2.13. The zero-order chi connectivity index (χ0) is 10.6. The minimum Gasteiger partial charge on any atom is -0.275 e. The minimum absolute atomic E-state index is 0.141. The van der Waals surface area contributed by atoms with E-state index in [2.05, 4.69) is 0 Å². The molecule has 0 fully saturated rings. The van der Waals surface area contributed by atoms with Crippen molar-refractivity contribution in [2.75, 3.05) is 14.2 Å². The molecule has 0 unspecified atom stereocenters. The number of rotatable bonds is 3. The minimum atomic E-state index is -0.338. The number of benzene rings is 1. The van der Waals surface area contributed by atoms with Crippen molar-refractivity contribution < 1.29 is 14.0 Å². The maximum atomic E-state index is 12.7. The molecule has 0 bridgehead atoms. The first-order chi connectivity index (χ1) is 6.63. The molecule has 0 saturated heterocycles. The van der Waals surface area contributed by atoms with Crippen LogP contribution in [0.3, 0.4) is 0 Å². The van der Waals surface area contributed by atoms with Crippen molar-refractivity contribution in [1.82, 2.24) is 5.06 Å². The molecular weight excluding hydrogens is 185 g/mol. The fourth-order valence-electron chi connectivity index (χ4n) is 1.03. The Morgan fingerprint density at radius 2 is 2.29 bits per heavy atom. The molecule has 1 amide bonds. The molecule has 0 spiro atoms. The molecule has 0 aliphatic rings. The number of likely N-dealkylation sites (N-methyl/N-ethyl adjacent to an activating group) is 1. The van der Waals surface area contributed by atoms with Crippen LogP contribution < -0.4 is 0 Å². The normalized spacial score (nSPS) is 9.93. The van der Waals surface area contributed by atoms with Gasteiger partial charge in [-0.2, -0.15) is 0 Å². The van der Waals surface area contributed by atoms with Gasteiger partial charge in [-0.15, -0.1) is 0 Å². The number of amides is 1. The Labute approximate surface area is 82.0 Å². The van der Waals surface area contributed by atoms with Crippen LogP contribution in [0, 0.1) is 5.82 Å². The molecule has 14 heavy (non-hydrogen) atoms. The summed E-state index contributed by atoms with van der Waals surface area (Å²) in [7, 11) is 2.92. The lowest BCUT2D eigenvalue weighted by Crippen LogP contribution is -2.26. The van der Waals surface area contributed by atoms with Crippen LogP contribution in [0.1, 0.15) is 5.56 Å². The Kier molecular flexibility index (Phi) is 3.59. The van der Waals surface area contributed by atoms with Gasteiger partial charge in [-0.1, -0.05) is 12.1 Å². The van der Waals surface area contributed by atoms with Gasteiger partial charge in [0, 0.05) is 7.05 Å². The predicted molar refractivity (Wildman–Crippen MR) is 49.9 cm³/mol. The monoisotopic (exact) mass is 197 g/mol. The van der Waals surface area contributed by atoms with Crippen LogP contribution in [0.2, 0.25) is 0 Å². The van der Waals surface area contributed by atoms with Crippen LogP contribution in [0.15, 0.2) is 24.3 Å². The van der Waals surface area contributed by atoms with E-state index in [-0.39, 0.29) is 18.1 Å². The molecule has 0 N–H and O–H groups in total. The number of hydroxylamine groups is 2. The van der Waals surface area contributed by atoms with Gasteiger partial charge in [0.05, 0.1) is 13.5 Å². The van der Waals surface area contributed by atoms with Gasteiger partial charge in [0.1, 0.15) is 5.82 Å². The molecule has 0 radical (unpaired) electrons. The van der Waals surface area contributed by atoms with Gasteiger partial charge in [-0.3, -0.25) is 9.63 Å². The average Bonchev–Trinajstić information content (AvgIpc) is 2.16. The van der Waals surface area contributed by atoms with Crippen molar-refractivity contribution in [3.8, 4) is 0 Å². The molecule has 1 rings (SSSR count). The highest BCUT2D eigenvalue weighted by atomic mass is 19.1. The van der Waals surface area contributed by atoms with Gasteiger partial charge in [-0.25, -0.2) is 9.45 Å². The standard InChI is InChI=1S/C10H12FNO2/c1-12(14-2)10(13)7-8-4-3-5-9(11)6-8/h3-6H,7H2,1-2H3. The molecule has 1 aromatic rings. The van der Waals surface area contributed by atoms with E-state index in [1.807, 2.05) is 0 Å². The highest BCUT2D eigenvalue weighted by molar-refractivity contribution is 5.77. The molecule has 76 valence electrons. The Morgan fingerprint density at radius 1 is 1.57 bits per heavy atom. The van der Waals surface area contributed by atoms with E-state index < -0.39 is 0 Å². The number of nitrogens with zero attached hydrogens (tertiary/aromatic N) is 1. The number of halogens is 1. The molecule has 0 heterocycles. The largest absolute Gasteiger partial charge is 0.275 e. The van der Waals surface area contributed by atoms with Crippen molar-refractivity contribution in [1.29, 1.82) is 0 Å². The Hall–Kier alpha value is -1.42. The highest BCUT2D eigenvalue weighted by Gasteiger charge is 2.08. The second-order valence-corrected chi connectivity index (χ2v) is 2.88. The summed E-state index contributed by atoms with van der Waals surface area (Å²) in [6.07, 6.45) is 0.141. The molecule has 0 aromatic heterocycles. The molecule has 0 atom stereocenters. The lowest BCUT2D eigenvalue weighted by atomic mass is 10.1. The maximum Gasteiger partial charge on any atom is 0.250 e. The van der Waals surface area contributed by atoms with Crippen LogP contribution in [-0.4, -0.2) is 25.1 Å². The van der Waals surface area contributed by atoms with Crippen molar-refractivity contribution in [3.63, 3.8) is 0 Å². The topological polar surface area (TPSA) is 29.5 Å². The van der Waals surface area contributed by atoms with E-state index in [0.717, 1.165) is 5.06 Å². The summed E-state index contributed by atoms with van der Waals surface area (Å²) < 4.78 is 12.7. The predicted octanol–water partition coefficient (Wildman–Crippen LogP) is 1.39. The SMILES string of the molecule is CON(C)C(=O)Cc1cccc(F)c1. The van der Waals surface area contributed by atoms with E-state index in [4.69, 9.17) is 4.84 Å². The molecule has 0 saturated carbocycles. The zero-order valence-electron chi connectivity index (χ0n) is 8.16. The van der Waals surface area contributed by atoms with Crippen LogP contribution in [-0.2, 0) is 16.1 Å². The molecular formula is C10H12FNO2. The Balaban J connectivity index is 2.65. The summed E-state index contributed by atoms with van der Waals surface area (Å²) in [5.74, 6) is -0.548. The van der Waals surface area contributed by atoms with Gasteiger partial charge in [-0.05, 0) is 17.7 Å². The summed E-state index contributed by atoms with van der Waals surface area (Å²) in [6, 6.07) is 5.95. The van der Waals surface area contributed by atoms with Crippen LogP contribution in [0.4, 0.5) is 4.39 Å². The van der Waals surface area contributed by atoms with E-state index in [1.165, 1.54) is 26.3 Å². The average molecular weight is 197 g/mol. The summed E-state index contributed by atoms with van der Waals surface area (Å²) >= 11 is 0. The van der Waals surface area contributed by atoms with Crippen LogP contribution in [0.25, 0.3) is 0 Å². The Morgan fingerprint density at radius 3 is 2.86 bits per heavy atom. The molecule has 0 aliphatic carbocycles. The van der Waals surface area contributed by atoms with Crippen molar-refractivity contribution in [2.45, 2.75) is 6.42 Å². The van der Waals surface area contributed by atoms with Gasteiger partial charge in [0.15, 0.2) is 0 Å². The van der Waals surface area contributed by atoms with Crippen LogP contribution >= 0.6 is 0 Å². The number of hydrogen-bond donors (Lipinski definition) is 0. The number of carbonyl (C=O) groups excluding carboxylic acids is 1. The summed E-state index contributed by atoms with van der Waals surface area (Å²) in [6.45, 7) is 0. The quantitative estimate of drug-likeness (QED) is 0.685. The molecule has 4 heteroatoms. The third kappa shape index (κ3) is 2.81. The van der Waals surface area contributed by atoms with E-state index >= 15 is 0 Å². The van der Waals surface area contributed by atoms with Gasteiger partial charge >= 0.3 is 0 Å². The lowest BCUT2D eigenvalue weighted by molar-refractivity contribution is -0.167. The summed E-state index contributed by atoms with van der Waals surface area (Å²) in [5.41, 5.74) is 0.638. The first-order valence-corrected chi connectivity index (χ1v) is 4.18. The molecule has 1 aromatic carbocycles. The van der Waals surface area contributed by atoms with E-state index in [9.17, 15) is 9.18 Å². The second-order valence-electron chi connectivity index (χ2n) is 2.88. The van der Waals surface area contributed by atoms with E-state index in [0.29, 0.717) is 5.56 Å². The molecule has 3 nitrogen and oxygen atoms in total. The maximum absolute atomic E-state index is 12.7. The Bertz CT molecular complexity index is 328.